The Bertz CT molecular complexity index is 1450. The molecule has 1 atom stereocenters. The normalized spacial score (nSPS) is 18.2. The van der Waals surface area contributed by atoms with Gasteiger partial charge in [-0.3, -0.25) is 9.48 Å². The second-order valence-electron chi connectivity index (χ2n) is 8.38. The number of rotatable bonds is 5. The second-order valence-corrected chi connectivity index (χ2v) is 9.24. The Kier molecular flexibility index (Phi) is 5.75. The Morgan fingerprint density at radius 1 is 1.14 bits per heavy atom. The molecule has 0 saturated carbocycles. The zero-order valence-corrected chi connectivity index (χ0v) is 19.9. The first kappa shape index (κ1) is 23.9. The number of aryl methyl sites for hydroxylation is 1. The van der Waals surface area contributed by atoms with E-state index in [4.69, 9.17) is 0 Å². The first-order valence-corrected chi connectivity index (χ1v) is 11.7. The number of halogens is 3. The van der Waals surface area contributed by atoms with Crippen molar-refractivity contribution < 1.29 is 23.1 Å². The maximum absolute atomic E-state index is 12.9. The Morgan fingerprint density at radius 3 is 2.64 bits per heavy atom. The van der Waals surface area contributed by atoms with Crippen molar-refractivity contribution in [1.82, 2.24) is 29.6 Å². The number of hydrogen-bond donors (Lipinski definition) is 2. The van der Waals surface area contributed by atoms with Crippen LogP contribution in [0.1, 0.15) is 17.7 Å². The highest BCUT2D eigenvalue weighted by Gasteiger charge is 2.45. The molecule has 0 bridgehead atoms. The molecule has 1 aliphatic rings. The molecular weight excluding hydrogens is 495 g/mol. The third kappa shape index (κ3) is 4.31. The van der Waals surface area contributed by atoms with Gasteiger partial charge < -0.3 is 15.3 Å². The van der Waals surface area contributed by atoms with Crippen molar-refractivity contribution in [3.05, 3.63) is 59.2 Å². The number of carbonyl (C=O) groups excluding carboxylic acids is 1. The lowest BCUT2D eigenvalue weighted by Gasteiger charge is -2.21. The Hall–Kier alpha value is -3.84. The molecular formula is C23H20F3N7O2S. The van der Waals surface area contributed by atoms with Crippen molar-refractivity contribution in [3.63, 3.8) is 0 Å². The maximum atomic E-state index is 12.9. The lowest BCUT2D eigenvalue weighted by atomic mass is 9.91. The van der Waals surface area contributed by atoms with Gasteiger partial charge in [0, 0.05) is 50.3 Å². The highest BCUT2D eigenvalue weighted by Crippen LogP contribution is 2.36. The molecule has 1 aromatic carbocycles. The molecule has 1 saturated heterocycles. The van der Waals surface area contributed by atoms with Gasteiger partial charge in [0.25, 0.3) is 5.91 Å². The van der Waals surface area contributed by atoms with Crippen LogP contribution in [0.5, 0.6) is 0 Å². The molecule has 36 heavy (non-hydrogen) atoms. The molecule has 5 rings (SSSR count). The summed E-state index contributed by atoms with van der Waals surface area (Å²) in [6.45, 7) is 0.474. The molecule has 1 fully saturated rings. The third-order valence-corrected chi connectivity index (χ3v) is 6.82. The Balaban J connectivity index is 1.39. The molecule has 13 heteroatoms. The number of likely N-dealkylation sites (tertiary alicyclic amines) is 1. The number of alkyl halides is 3. The van der Waals surface area contributed by atoms with Crippen molar-refractivity contribution in [2.24, 2.45) is 7.05 Å². The summed E-state index contributed by atoms with van der Waals surface area (Å²) in [5, 5.41) is 19.6. The molecule has 0 unspecified atom stereocenters. The van der Waals surface area contributed by atoms with Gasteiger partial charge in [-0.05, 0) is 17.7 Å². The number of benzene rings is 1. The molecule has 4 heterocycles. The third-order valence-electron chi connectivity index (χ3n) is 5.93. The number of amides is 1. The van der Waals surface area contributed by atoms with E-state index in [0.29, 0.717) is 34.9 Å². The lowest BCUT2D eigenvalue weighted by Crippen LogP contribution is -2.36. The van der Waals surface area contributed by atoms with Gasteiger partial charge in [-0.15, -0.1) is 11.3 Å². The smallest absolute Gasteiger partial charge is 0.375 e. The summed E-state index contributed by atoms with van der Waals surface area (Å²) in [5.74, 6) is -0.163. The first-order valence-electron chi connectivity index (χ1n) is 10.8. The van der Waals surface area contributed by atoms with E-state index >= 15 is 0 Å². The zero-order valence-electron chi connectivity index (χ0n) is 19.1. The summed E-state index contributed by atoms with van der Waals surface area (Å²) in [6.07, 6.45) is -2.78. The summed E-state index contributed by atoms with van der Waals surface area (Å²) in [7, 11) is 3.04. The summed E-state index contributed by atoms with van der Waals surface area (Å²) in [5.41, 5.74) is -0.325. The molecule has 4 aromatic rings. The number of likely N-dealkylation sites (N-methyl/N-ethyl adjacent to an activating group) is 1. The molecule has 0 radical (unpaired) electrons. The van der Waals surface area contributed by atoms with Crippen molar-refractivity contribution in [2.75, 3.05) is 18.9 Å². The predicted molar refractivity (Wildman–Crippen MR) is 126 cm³/mol. The summed E-state index contributed by atoms with van der Waals surface area (Å²) >= 11 is 1.36. The van der Waals surface area contributed by atoms with Crippen LogP contribution in [0.3, 0.4) is 0 Å². The van der Waals surface area contributed by atoms with E-state index in [9.17, 15) is 23.1 Å². The van der Waals surface area contributed by atoms with Crippen molar-refractivity contribution >= 4 is 29.0 Å². The number of aromatic nitrogens is 5. The van der Waals surface area contributed by atoms with Crippen LogP contribution in [0.2, 0.25) is 0 Å². The van der Waals surface area contributed by atoms with Crippen molar-refractivity contribution in [2.45, 2.75) is 18.2 Å². The molecule has 1 aliphatic heterocycles. The summed E-state index contributed by atoms with van der Waals surface area (Å²) < 4.78 is 39.9. The van der Waals surface area contributed by atoms with E-state index in [1.807, 2.05) is 6.07 Å². The van der Waals surface area contributed by atoms with Gasteiger partial charge in [0.15, 0.2) is 11.3 Å². The highest BCUT2D eigenvalue weighted by atomic mass is 32.1. The summed E-state index contributed by atoms with van der Waals surface area (Å²) in [4.78, 5) is 27.1. The molecule has 1 amide bonds. The van der Waals surface area contributed by atoms with E-state index in [-0.39, 0.29) is 17.7 Å². The minimum atomic E-state index is -4.56. The molecule has 9 nitrogen and oxygen atoms in total. The van der Waals surface area contributed by atoms with Crippen LogP contribution in [0.4, 0.5) is 24.9 Å². The molecule has 2 N–H and O–H groups in total. The van der Waals surface area contributed by atoms with E-state index in [0.717, 1.165) is 16.3 Å². The molecule has 0 aliphatic carbocycles. The van der Waals surface area contributed by atoms with E-state index in [2.05, 4.69) is 25.4 Å². The van der Waals surface area contributed by atoms with E-state index in [1.165, 1.54) is 29.5 Å². The van der Waals surface area contributed by atoms with Gasteiger partial charge in [-0.1, -0.05) is 18.2 Å². The predicted octanol–water partition coefficient (Wildman–Crippen LogP) is 3.81. The van der Waals surface area contributed by atoms with Gasteiger partial charge in [0.2, 0.25) is 5.95 Å². The fourth-order valence-corrected chi connectivity index (χ4v) is 4.76. The largest absolute Gasteiger partial charge is 0.435 e. The van der Waals surface area contributed by atoms with Crippen LogP contribution in [0, 0.1) is 0 Å². The SMILES string of the molecule is CN1CC[C@@](O)(c2cccc(-c3nc(-c4ccnc(Nc5cc(C(F)(F)F)nn5C)n4)cs3)c2)C1=O. The number of carbonyl (C=O) groups is 1. The molecule has 3 aromatic heterocycles. The molecule has 186 valence electrons. The van der Waals surface area contributed by atoms with Gasteiger partial charge in [-0.25, -0.2) is 15.0 Å². The minimum Gasteiger partial charge on any atom is -0.375 e. The Labute approximate surface area is 207 Å². The highest BCUT2D eigenvalue weighted by molar-refractivity contribution is 7.13. The van der Waals surface area contributed by atoms with E-state index < -0.39 is 17.5 Å². The van der Waals surface area contributed by atoms with Crippen molar-refractivity contribution in [3.8, 4) is 22.0 Å². The Morgan fingerprint density at radius 2 is 1.94 bits per heavy atom. The number of hydrogen-bond acceptors (Lipinski definition) is 8. The molecule has 0 spiro atoms. The number of aliphatic hydroxyl groups is 1. The average Bonchev–Trinajstić information content (AvgIpc) is 3.55. The zero-order chi connectivity index (χ0) is 25.7. The number of nitrogens with one attached hydrogen (secondary N) is 1. The first-order chi connectivity index (χ1) is 17.0. The van der Waals surface area contributed by atoms with Gasteiger partial charge in [0.05, 0.1) is 5.69 Å². The van der Waals surface area contributed by atoms with Crippen LogP contribution >= 0.6 is 11.3 Å². The fourth-order valence-electron chi connectivity index (χ4n) is 3.95. The van der Waals surface area contributed by atoms with Gasteiger partial charge in [-0.2, -0.15) is 18.3 Å². The summed E-state index contributed by atoms with van der Waals surface area (Å²) in [6, 6.07) is 9.61. The minimum absolute atomic E-state index is 0.0836. The fraction of sp³-hybridized carbons (Fsp3) is 0.261. The maximum Gasteiger partial charge on any atom is 0.435 e. The van der Waals surface area contributed by atoms with E-state index in [1.54, 1.807) is 36.7 Å². The van der Waals surface area contributed by atoms with Crippen LogP contribution in [0.15, 0.2) is 48.0 Å². The van der Waals surface area contributed by atoms with Crippen LogP contribution in [-0.4, -0.2) is 54.2 Å². The lowest BCUT2D eigenvalue weighted by molar-refractivity contribution is -0.143. The number of nitrogens with zero attached hydrogens (tertiary/aromatic N) is 6. The number of thiazole rings is 1. The average molecular weight is 516 g/mol. The van der Waals surface area contributed by atoms with Gasteiger partial charge >= 0.3 is 6.18 Å². The topological polar surface area (TPSA) is 109 Å². The van der Waals surface area contributed by atoms with Gasteiger partial charge in [0.1, 0.15) is 16.5 Å². The van der Waals surface area contributed by atoms with Crippen LogP contribution < -0.4 is 5.32 Å². The standard InChI is InChI=1S/C23H20F3N7O2S/c1-32-9-7-22(35,20(32)34)14-5-3-4-13(10-14)19-28-16(12-36-19)15-6-8-27-21(29-15)30-18-11-17(23(24,25)26)31-33(18)2/h3-6,8,10-12,35H,7,9H2,1-2H3,(H,27,29,30)/t22-/m1/s1. The number of anilines is 2. The van der Waals surface area contributed by atoms with Crippen LogP contribution in [-0.2, 0) is 23.6 Å². The monoisotopic (exact) mass is 515 g/mol. The quantitative estimate of drug-likeness (QED) is 0.416. The van der Waals surface area contributed by atoms with Crippen molar-refractivity contribution in [1.29, 1.82) is 0 Å². The second kappa shape index (κ2) is 8.68. The van der Waals surface area contributed by atoms with Crippen LogP contribution in [0.25, 0.3) is 22.0 Å².